The minimum Gasteiger partial charge on any atom is -0.497 e. The van der Waals surface area contributed by atoms with Gasteiger partial charge < -0.3 is 15.0 Å². The number of carbonyl (C=O) groups excluding carboxylic acids is 1. The number of hydrogen-bond donors (Lipinski definition) is 2. The van der Waals surface area contributed by atoms with E-state index in [-0.39, 0.29) is 11.9 Å². The largest absolute Gasteiger partial charge is 0.497 e. The molecule has 3 heterocycles. The second kappa shape index (κ2) is 8.12. The number of nitrogens with one attached hydrogen (secondary N) is 2. The number of pyridine rings is 1. The molecule has 0 spiro atoms. The summed E-state index contributed by atoms with van der Waals surface area (Å²) in [6.07, 6.45) is 5.33. The van der Waals surface area contributed by atoms with Crippen molar-refractivity contribution >= 4 is 11.7 Å². The summed E-state index contributed by atoms with van der Waals surface area (Å²) in [5.74, 6) is 1.55. The number of rotatable bonds is 5. The molecule has 28 heavy (non-hydrogen) atoms. The van der Waals surface area contributed by atoms with E-state index in [0.717, 1.165) is 43.0 Å². The predicted molar refractivity (Wildman–Crippen MR) is 108 cm³/mol. The molecule has 1 fully saturated rings. The number of nitrogens with zero attached hydrogens (tertiary/aromatic N) is 3. The van der Waals surface area contributed by atoms with Gasteiger partial charge in [-0.15, -0.1) is 0 Å². The number of benzene rings is 1. The van der Waals surface area contributed by atoms with Gasteiger partial charge in [0.25, 0.3) is 5.91 Å². The first kappa shape index (κ1) is 18.0. The maximum Gasteiger partial charge on any atom is 0.251 e. The van der Waals surface area contributed by atoms with Crippen LogP contribution in [0.3, 0.4) is 0 Å². The van der Waals surface area contributed by atoms with Crippen LogP contribution in [0.1, 0.15) is 23.2 Å². The van der Waals surface area contributed by atoms with E-state index in [0.29, 0.717) is 11.3 Å². The number of carbonyl (C=O) groups is 1. The molecule has 7 heteroatoms. The number of piperidine rings is 1. The van der Waals surface area contributed by atoms with Crippen molar-refractivity contribution in [3.8, 4) is 17.0 Å². The third kappa shape index (κ3) is 3.98. The number of aromatic nitrogens is 3. The molecule has 0 radical (unpaired) electrons. The first-order chi connectivity index (χ1) is 13.7. The van der Waals surface area contributed by atoms with Crippen molar-refractivity contribution in [2.75, 3.05) is 25.1 Å². The van der Waals surface area contributed by atoms with Gasteiger partial charge in [0.2, 0.25) is 0 Å². The summed E-state index contributed by atoms with van der Waals surface area (Å²) >= 11 is 0. The number of aromatic amines is 1. The lowest BCUT2D eigenvalue weighted by Crippen LogP contribution is -2.44. The Morgan fingerprint density at radius 2 is 2.07 bits per heavy atom. The number of ether oxygens (including phenoxy) is 1. The summed E-state index contributed by atoms with van der Waals surface area (Å²) in [6.45, 7) is 1.70. The van der Waals surface area contributed by atoms with Crippen molar-refractivity contribution in [3.63, 3.8) is 0 Å². The SMILES string of the molecule is COc1cccc(C(=O)NC2CCN(c3cc(-c4cccnc4)[nH]n3)CC2)c1. The second-order valence-electron chi connectivity index (χ2n) is 6.85. The fourth-order valence-corrected chi connectivity index (χ4v) is 3.43. The third-order valence-electron chi connectivity index (χ3n) is 5.02. The van der Waals surface area contributed by atoms with E-state index >= 15 is 0 Å². The Labute approximate surface area is 163 Å². The van der Waals surface area contributed by atoms with E-state index in [4.69, 9.17) is 4.74 Å². The Balaban J connectivity index is 1.33. The molecule has 0 aliphatic carbocycles. The van der Waals surface area contributed by atoms with E-state index in [9.17, 15) is 4.79 Å². The fourth-order valence-electron chi connectivity index (χ4n) is 3.43. The highest BCUT2D eigenvalue weighted by molar-refractivity contribution is 5.94. The molecule has 1 aliphatic heterocycles. The van der Waals surface area contributed by atoms with E-state index in [1.807, 2.05) is 36.5 Å². The van der Waals surface area contributed by atoms with Gasteiger partial charge in [-0.05, 0) is 43.2 Å². The Kier molecular flexibility index (Phi) is 5.23. The van der Waals surface area contributed by atoms with Crippen LogP contribution in [0.4, 0.5) is 5.82 Å². The minimum atomic E-state index is -0.0593. The first-order valence-electron chi connectivity index (χ1n) is 9.38. The molecule has 1 amide bonds. The van der Waals surface area contributed by atoms with Crippen LogP contribution >= 0.6 is 0 Å². The highest BCUT2D eigenvalue weighted by Gasteiger charge is 2.23. The van der Waals surface area contributed by atoms with Gasteiger partial charge in [0.1, 0.15) is 5.75 Å². The van der Waals surface area contributed by atoms with Gasteiger partial charge in [-0.1, -0.05) is 6.07 Å². The second-order valence-corrected chi connectivity index (χ2v) is 6.85. The summed E-state index contributed by atoms with van der Waals surface area (Å²) in [6, 6.07) is 13.3. The minimum absolute atomic E-state index is 0.0593. The standard InChI is InChI=1S/C21H23N5O2/c1-28-18-6-2-4-15(12-18)21(27)23-17-7-10-26(11-8-17)20-13-19(24-25-20)16-5-3-9-22-14-16/h2-6,9,12-14,17H,7-8,10-11H2,1H3,(H,23,27)(H,24,25). The molecular weight excluding hydrogens is 354 g/mol. The van der Waals surface area contributed by atoms with Gasteiger partial charge in [-0.25, -0.2) is 0 Å². The molecule has 7 nitrogen and oxygen atoms in total. The molecule has 0 bridgehead atoms. The summed E-state index contributed by atoms with van der Waals surface area (Å²) in [5.41, 5.74) is 2.59. The van der Waals surface area contributed by atoms with Crippen molar-refractivity contribution in [2.45, 2.75) is 18.9 Å². The number of amides is 1. The average Bonchev–Trinajstić information content (AvgIpc) is 3.25. The number of anilines is 1. The van der Waals surface area contributed by atoms with E-state index in [2.05, 4.69) is 25.4 Å². The van der Waals surface area contributed by atoms with Crippen LogP contribution in [-0.2, 0) is 0 Å². The topological polar surface area (TPSA) is 83.1 Å². The van der Waals surface area contributed by atoms with Gasteiger partial charge in [0.05, 0.1) is 12.8 Å². The molecule has 0 atom stereocenters. The van der Waals surface area contributed by atoms with Crippen LogP contribution in [0.25, 0.3) is 11.3 Å². The van der Waals surface area contributed by atoms with Crippen molar-refractivity contribution in [3.05, 3.63) is 60.4 Å². The molecular formula is C21H23N5O2. The number of hydrogen-bond acceptors (Lipinski definition) is 5. The van der Waals surface area contributed by atoms with Crippen molar-refractivity contribution < 1.29 is 9.53 Å². The smallest absolute Gasteiger partial charge is 0.251 e. The van der Waals surface area contributed by atoms with E-state index < -0.39 is 0 Å². The average molecular weight is 377 g/mol. The maximum atomic E-state index is 12.5. The Bertz CT molecular complexity index is 933. The Hall–Kier alpha value is -3.35. The normalized spacial score (nSPS) is 14.7. The fraction of sp³-hybridized carbons (Fsp3) is 0.286. The van der Waals surface area contributed by atoms with Crippen LogP contribution in [0.5, 0.6) is 5.75 Å². The third-order valence-corrected chi connectivity index (χ3v) is 5.02. The summed E-state index contributed by atoms with van der Waals surface area (Å²) in [4.78, 5) is 18.9. The van der Waals surface area contributed by atoms with Gasteiger partial charge in [0, 0.05) is 48.7 Å². The summed E-state index contributed by atoms with van der Waals surface area (Å²) in [5, 5.41) is 10.7. The molecule has 1 aromatic carbocycles. The lowest BCUT2D eigenvalue weighted by atomic mass is 10.0. The van der Waals surface area contributed by atoms with E-state index in [1.54, 1.807) is 25.4 Å². The Morgan fingerprint density at radius 1 is 1.21 bits per heavy atom. The zero-order chi connectivity index (χ0) is 19.3. The molecule has 2 N–H and O–H groups in total. The van der Waals surface area contributed by atoms with E-state index in [1.165, 1.54) is 0 Å². The molecule has 2 aromatic heterocycles. The van der Waals surface area contributed by atoms with Crippen LogP contribution in [0, 0.1) is 0 Å². The molecule has 3 aromatic rings. The van der Waals surface area contributed by atoms with Gasteiger partial charge in [0.15, 0.2) is 5.82 Å². The lowest BCUT2D eigenvalue weighted by molar-refractivity contribution is 0.0930. The molecule has 0 saturated carbocycles. The van der Waals surface area contributed by atoms with Crippen LogP contribution in [-0.4, -0.2) is 47.3 Å². The predicted octanol–water partition coefficient (Wildman–Crippen LogP) is 2.88. The summed E-state index contributed by atoms with van der Waals surface area (Å²) in [7, 11) is 1.60. The molecule has 144 valence electrons. The summed E-state index contributed by atoms with van der Waals surface area (Å²) < 4.78 is 5.19. The zero-order valence-electron chi connectivity index (χ0n) is 15.8. The van der Waals surface area contributed by atoms with Crippen LogP contribution < -0.4 is 15.0 Å². The van der Waals surface area contributed by atoms with Crippen molar-refractivity contribution in [2.24, 2.45) is 0 Å². The van der Waals surface area contributed by atoms with Gasteiger partial charge in [-0.3, -0.25) is 14.9 Å². The highest BCUT2D eigenvalue weighted by atomic mass is 16.5. The van der Waals surface area contributed by atoms with Crippen LogP contribution in [0.15, 0.2) is 54.9 Å². The number of H-pyrrole nitrogens is 1. The van der Waals surface area contributed by atoms with Crippen molar-refractivity contribution in [1.82, 2.24) is 20.5 Å². The maximum absolute atomic E-state index is 12.5. The Morgan fingerprint density at radius 3 is 2.82 bits per heavy atom. The molecule has 4 rings (SSSR count). The van der Waals surface area contributed by atoms with Crippen LogP contribution in [0.2, 0.25) is 0 Å². The van der Waals surface area contributed by atoms with Crippen molar-refractivity contribution in [1.29, 1.82) is 0 Å². The quantitative estimate of drug-likeness (QED) is 0.714. The molecule has 1 saturated heterocycles. The highest BCUT2D eigenvalue weighted by Crippen LogP contribution is 2.24. The lowest BCUT2D eigenvalue weighted by Gasteiger charge is -2.32. The molecule has 0 unspecified atom stereocenters. The van der Waals surface area contributed by atoms with Gasteiger partial charge in [-0.2, -0.15) is 5.10 Å². The molecule has 1 aliphatic rings. The van der Waals surface area contributed by atoms with Gasteiger partial charge >= 0.3 is 0 Å². The number of methoxy groups -OCH3 is 1. The first-order valence-corrected chi connectivity index (χ1v) is 9.38. The monoisotopic (exact) mass is 377 g/mol. The zero-order valence-corrected chi connectivity index (χ0v) is 15.8.